The molecule has 2 aromatic carbocycles. The van der Waals surface area contributed by atoms with Crippen LogP contribution in [-0.2, 0) is 9.59 Å². The zero-order chi connectivity index (χ0) is 38.9. The number of amides is 3. The number of nitrogens with one attached hydrogen (secondary N) is 2. The molecule has 10 rings (SSSR count). The number of anilines is 3. The minimum absolute atomic E-state index is 0.0657. The van der Waals surface area contributed by atoms with Crippen molar-refractivity contribution in [2.75, 3.05) is 80.6 Å². The van der Waals surface area contributed by atoms with Gasteiger partial charge in [0.2, 0.25) is 11.8 Å². The van der Waals surface area contributed by atoms with Gasteiger partial charge in [-0.15, -0.1) is 10.2 Å². The predicted molar refractivity (Wildman–Crippen MR) is 210 cm³/mol. The zero-order valence-corrected chi connectivity index (χ0v) is 32.0. The fraction of sp³-hybridized carbons (Fsp3) is 0.548. The van der Waals surface area contributed by atoms with E-state index in [1.54, 1.807) is 12.1 Å². The van der Waals surface area contributed by atoms with Crippen LogP contribution in [0.4, 0.5) is 21.6 Å². The Morgan fingerprint density at radius 1 is 0.825 bits per heavy atom. The Morgan fingerprint density at radius 3 is 2.39 bits per heavy atom. The van der Waals surface area contributed by atoms with Crippen LogP contribution in [0.1, 0.15) is 60.7 Å². The highest BCUT2D eigenvalue weighted by Crippen LogP contribution is 2.44. The molecule has 5 atom stereocenters. The molecule has 3 aromatic rings. The largest absolute Gasteiger partial charge is 0.507 e. The molecule has 7 aliphatic rings. The number of para-hydroxylation sites is 1. The van der Waals surface area contributed by atoms with E-state index in [1.807, 2.05) is 23.1 Å². The fourth-order valence-electron chi connectivity index (χ4n) is 11.1. The Kier molecular flexibility index (Phi) is 9.28. The zero-order valence-electron chi connectivity index (χ0n) is 32.0. The van der Waals surface area contributed by atoms with Gasteiger partial charge in [0.1, 0.15) is 17.6 Å². The number of rotatable bonds is 7. The van der Waals surface area contributed by atoms with Crippen molar-refractivity contribution in [3.05, 3.63) is 59.4 Å². The quantitative estimate of drug-likeness (QED) is 0.261. The Bertz CT molecular complexity index is 2080. The van der Waals surface area contributed by atoms with Crippen molar-refractivity contribution < 1.29 is 29.0 Å². The first-order chi connectivity index (χ1) is 27.7. The van der Waals surface area contributed by atoms with Crippen LogP contribution in [0.15, 0.2) is 42.5 Å². The Morgan fingerprint density at radius 2 is 1.61 bits per heavy atom. The molecule has 4 unspecified atom stereocenters. The van der Waals surface area contributed by atoms with E-state index in [1.165, 1.54) is 18.9 Å². The highest BCUT2D eigenvalue weighted by Gasteiger charge is 2.46. The molecule has 6 aliphatic heterocycles. The lowest BCUT2D eigenvalue weighted by atomic mass is 9.83. The molecule has 1 aliphatic carbocycles. The first-order valence-electron chi connectivity index (χ1n) is 20.7. The number of piperazine rings is 1. The summed E-state index contributed by atoms with van der Waals surface area (Å²) < 4.78 is 15.6. The van der Waals surface area contributed by atoms with Crippen LogP contribution in [0.5, 0.6) is 5.75 Å². The van der Waals surface area contributed by atoms with Crippen LogP contribution in [0, 0.1) is 29.5 Å². The van der Waals surface area contributed by atoms with Gasteiger partial charge in [-0.25, -0.2) is 4.39 Å². The highest BCUT2D eigenvalue weighted by molar-refractivity contribution is 6.06. The average Bonchev–Trinajstić information content (AvgIpc) is 3.58. The number of carbonyl (C=O) groups is 3. The summed E-state index contributed by atoms with van der Waals surface area (Å²) in [4.78, 5) is 48.4. The number of nitrogens with zero attached hydrogens (tertiary/aromatic N) is 7. The van der Waals surface area contributed by atoms with Crippen molar-refractivity contribution >= 4 is 34.9 Å². The molecule has 300 valence electrons. The summed E-state index contributed by atoms with van der Waals surface area (Å²) in [5.74, 6) is 1.54. The number of halogens is 1. The molecular formula is C42H50FN9O5. The Balaban J connectivity index is 0.723. The van der Waals surface area contributed by atoms with Gasteiger partial charge >= 0.3 is 0 Å². The maximum absolute atomic E-state index is 15.6. The van der Waals surface area contributed by atoms with Gasteiger partial charge < -0.3 is 30.2 Å². The Hall–Kier alpha value is -4.86. The van der Waals surface area contributed by atoms with Gasteiger partial charge in [-0.3, -0.25) is 29.5 Å². The van der Waals surface area contributed by atoms with E-state index >= 15 is 4.39 Å². The number of imide groups is 1. The molecule has 14 nitrogen and oxygen atoms in total. The first-order valence-corrected chi connectivity index (χ1v) is 20.7. The second-order valence-corrected chi connectivity index (χ2v) is 17.3. The number of hydrogen-bond acceptors (Lipinski definition) is 12. The number of phenols is 1. The number of hydrogen-bond donors (Lipinski definition) is 4. The third-order valence-corrected chi connectivity index (χ3v) is 14.1. The van der Waals surface area contributed by atoms with Crippen molar-refractivity contribution in [1.29, 1.82) is 0 Å². The number of aliphatic hydroxyl groups excluding tert-OH is 1. The van der Waals surface area contributed by atoms with Gasteiger partial charge in [0, 0.05) is 83.0 Å². The van der Waals surface area contributed by atoms with Crippen LogP contribution >= 0.6 is 0 Å². The van der Waals surface area contributed by atoms with Crippen molar-refractivity contribution in [2.24, 2.45) is 23.7 Å². The number of likely N-dealkylation sites (tertiary alicyclic amines) is 1. The first kappa shape index (κ1) is 36.5. The van der Waals surface area contributed by atoms with Crippen LogP contribution < -0.4 is 20.4 Å². The molecule has 0 radical (unpaired) electrons. The molecule has 1 aromatic heterocycles. The molecule has 3 amide bonds. The second-order valence-electron chi connectivity index (χ2n) is 17.3. The van der Waals surface area contributed by atoms with Gasteiger partial charge in [0.25, 0.3) is 5.91 Å². The number of fused-ring (bicyclic) bond motifs is 6. The molecule has 57 heavy (non-hydrogen) atoms. The van der Waals surface area contributed by atoms with Crippen LogP contribution in [-0.4, -0.2) is 130 Å². The number of aromatic hydroxyl groups is 1. The minimum atomic E-state index is -1.38. The predicted octanol–water partition coefficient (Wildman–Crippen LogP) is 3.03. The molecule has 4 saturated heterocycles. The van der Waals surface area contributed by atoms with Gasteiger partial charge in [-0.05, 0) is 86.1 Å². The third kappa shape index (κ3) is 6.57. The van der Waals surface area contributed by atoms with Gasteiger partial charge in [0.15, 0.2) is 12.0 Å². The van der Waals surface area contributed by atoms with Crippen molar-refractivity contribution in [3.8, 4) is 17.0 Å². The molecule has 0 spiro atoms. The summed E-state index contributed by atoms with van der Waals surface area (Å²) >= 11 is 0. The van der Waals surface area contributed by atoms with Crippen molar-refractivity contribution in [1.82, 2.24) is 30.2 Å². The number of carbonyl (C=O) groups excluding carboxylic acids is 3. The highest BCUT2D eigenvalue weighted by atomic mass is 19.1. The maximum atomic E-state index is 15.6. The smallest absolute Gasteiger partial charge is 0.257 e. The fourth-order valence-corrected chi connectivity index (χ4v) is 11.1. The van der Waals surface area contributed by atoms with Crippen molar-refractivity contribution in [3.63, 3.8) is 0 Å². The van der Waals surface area contributed by atoms with Crippen LogP contribution in [0.2, 0.25) is 0 Å². The molecule has 1 saturated carbocycles. The summed E-state index contributed by atoms with van der Waals surface area (Å²) in [6.45, 7) is 9.68. The topological polar surface area (TPSA) is 158 Å². The van der Waals surface area contributed by atoms with E-state index in [9.17, 15) is 24.6 Å². The molecule has 7 heterocycles. The van der Waals surface area contributed by atoms with E-state index in [4.69, 9.17) is 0 Å². The summed E-state index contributed by atoms with van der Waals surface area (Å²) in [7, 11) is 0. The monoisotopic (exact) mass is 779 g/mol. The standard InChI is InChI=1S/C42H50FN9O5/c43-32-15-29-30(42(57)52(41(29)56)34-7-8-38(54)45-40(34)55)16-35(32)50-11-9-24(10-12-50)19-49-20-25-5-6-26(21-49)31(25)23-48-13-14-51-27(22-48)18-44-39-36(51)17-33(46-47-39)28-3-1-2-4-37(28)53/h1-4,15-17,24-27,31,34,42,53,57H,5-14,18-23H2,(H,44,47)(H,45,54,55)/t25?,26?,27-,31?,34?,42?/m0/s1. The normalized spacial score (nSPS) is 29.2. The van der Waals surface area contributed by atoms with Crippen LogP contribution in [0.3, 0.4) is 0 Å². The summed E-state index contributed by atoms with van der Waals surface area (Å²) in [6, 6.07) is 11.5. The molecule has 4 N–H and O–H groups in total. The van der Waals surface area contributed by atoms with Crippen LogP contribution in [0.25, 0.3) is 11.3 Å². The van der Waals surface area contributed by atoms with E-state index < -0.39 is 35.8 Å². The molecule has 15 heteroatoms. The van der Waals surface area contributed by atoms with Crippen molar-refractivity contribution in [2.45, 2.75) is 56.8 Å². The Labute approximate surface area is 331 Å². The van der Waals surface area contributed by atoms with E-state index in [0.717, 1.165) is 81.6 Å². The summed E-state index contributed by atoms with van der Waals surface area (Å²) in [5, 5.41) is 36.2. The summed E-state index contributed by atoms with van der Waals surface area (Å²) in [5.41, 5.74) is 3.18. The number of benzene rings is 2. The van der Waals surface area contributed by atoms with E-state index in [0.29, 0.717) is 65.3 Å². The third-order valence-electron chi connectivity index (χ3n) is 14.1. The second kappa shape index (κ2) is 14.5. The number of aromatic nitrogens is 2. The maximum Gasteiger partial charge on any atom is 0.257 e. The lowest BCUT2D eigenvalue weighted by Gasteiger charge is -2.48. The van der Waals surface area contributed by atoms with Gasteiger partial charge in [-0.2, -0.15) is 0 Å². The van der Waals surface area contributed by atoms with Gasteiger partial charge in [0.05, 0.1) is 28.7 Å². The lowest BCUT2D eigenvalue weighted by Crippen LogP contribution is -2.59. The number of aliphatic hydroxyl groups is 1. The van der Waals surface area contributed by atoms with E-state index in [-0.39, 0.29) is 24.2 Å². The summed E-state index contributed by atoms with van der Waals surface area (Å²) in [6.07, 6.45) is 3.30. The average molecular weight is 780 g/mol. The number of piperidine rings is 3. The molecular weight excluding hydrogens is 730 g/mol. The SMILES string of the molecule is O=C1CCC(N2C(=O)c3cc(F)c(N4CCC(CN5CC6CCC(C5)C6CN5CCN6c7cc(-c8ccccc8O)nnc7NC[C@H]6C5)CC4)cc3C2O)C(=O)N1. The number of phenolic OH excluding ortho intramolecular Hbond substituents is 1. The van der Waals surface area contributed by atoms with E-state index in [2.05, 4.69) is 41.6 Å². The minimum Gasteiger partial charge on any atom is -0.507 e. The van der Waals surface area contributed by atoms with Gasteiger partial charge in [-0.1, -0.05) is 12.1 Å². The molecule has 2 bridgehead atoms. The molecule has 5 fully saturated rings. The lowest BCUT2D eigenvalue weighted by molar-refractivity contribution is -0.139.